The van der Waals surface area contributed by atoms with E-state index in [1.807, 2.05) is 75.4 Å². The third-order valence-corrected chi connectivity index (χ3v) is 4.94. The number of hydrogen-bond donors (Lipinski definition) is 1. The molecule has 4 heteroatoms. The predicted octanol–water partition coefficient (Wildman–Crippen LogP) is 3.44. The van der Waals surface area contributed by atoms with Crippen LogP contribution in [0.3, 0.4) is 0 Å². The average molecular weight is 317 g/mol. The van der Waals surface area contributed by atoms with E-state index in [9.17, 15) is 8.42 Å². The second-order valence-electron chi connectivity index (χ2n) is 6.40. The Balaban J connectivity index is 2.07. The average Bonchev–Trinajstić information content (AvgIpc) is 2.36. The summed E-state index contributed by atoms with van der Waals surface area (Å²) >= 11 is 0. The second-order valence-corrected chi connectivity index (χ2v) is 8.12. The van der Waals surface area contributed by atoms with E-state index in [0.717, 1.165) is 16.7 Å². The van der Waals surface area contributed by atoms with E-state index in [0.29, 0.717) is 6.42 Å². The molecule has 0 amide bonds. The Morgan fingerprint density at radius 3 is 2.23 bits per heavy atom. The minimum Gasteiger partial charge on any atom is -0.212 e. The van der Waals surface area contributed by atoms with Gasteiger partial charge in [-0.15, -0.1) is 0 Å². The van der Waals surface area contributed by atoms with E-state index in [1.54, 1.807) is 0 Å². The van der Waals surface area contributed by atoms with Crippen molar-refractivity contribution in [3.63, 3.8) is 0 Å². The third-order valence-electron chi connectivity index (χ3n) is 3.36. The van der Waals surface area contributed by atoms with Crippen LogP contribution in [0.1, 0.15) is 30.5 Å². The lowest BCUT2D eigenvalue weighted by Gasteiger charge is -2.26. The molecule has 0 aromatic heterocycles. The van der Waals surface area contributed by atoms with Crippen molar-refractivity contribution < 1.29 is 8.42 Å². The van der Waals surface area contributed by atoms with Gasteiger partial charge in [0, 0.05) is 5.54 Å². The summed E-state index contributed by atoms with van der Waals surface area (Å²) in [7, 11) is -3.38. The number of benzene rings is 2. The minimum absolute atomic E-state index is 0.00684. The van der Waals surface area contributed by atoms with Gasteiger partial charge in [0.2, 0.25) is 10.0 Å². The molecule has 2 aromatic rings. The summed E-state index contributed by atoms with van der Waals surface area (Å²) in [6, 6.07) is 17.5. The smallest absolute Gasteiger partial charge is 0.212 e. The Morgan fingerprint density at radius 2 is 1.59 bits per heavy atom. The summed E-state index contributed by atoms with van der Waals surface area (Å²) in [5.74, 6) is 0.00684. The van der Waals surface area contributed by atoms with Crippen molar-refractivity contribution in [1.29, 1.82) is 0 Å². The van der Waals surface area contributed by atoms with Crippen LogP contribution in [-0.4, -0.2) is 14.0 Å². The molecule has 0 spiro atoms. The Kier molecular flexibility index (Phi) is 5.04. The molecular formula is C18H23NO2S. The summed E-state index contributed by atoms with van der Waals surface area (Å²) in [5, 5.41) is 0. The molecule has 0 heterocycles. The molecule has 0 aliphatic rings. The highest BCUT2D eigenvalue weighted by atomic mass is 32.2. The lowest BCUT2D eigenvalue weighted by atomic mass is 9.96. The van der Waals surface area contributed by atoms with E-state index >= 15 is 0 Å². The predicted molar refractivity (Wildman–Crippen MR) is 91.2 cm³/mol. The van der Waals surface area contributed by atoms with Crippen LogP contribution in [0, 0.1) is 6.92 Å². The SMILES string of the molecule is Cc1cccc(CS(=O)(=O)NC(C)(C)Cc2ccccc2)c1. The van der Waals surface area contributed by atoms with Crippen LogP contribution in [0.25, 0.3) is 0 Å². The number of sulfonamides is 1. The maximum absolute atomic E-state index is 12.4. The quantitative estimate of drug-likeness (QED) is 0.887. The topological polar surface area (TPSA) is 46.2 Å². The van der Waals surface area contributed by atoms with E-state index < -0.39 is 15.6 Å². The molecule has 0 fully saturated rings. The zero-order valence-corrected chi connectivity index (χ0v) is 14.2. The van der Waals surface area contributed by atoms with Crippen LogP contribution in [0.2, 0.25) is 0 Å². The molecule has 2 aromatic carbocycles. The lowest BCUT2D eigenvalue weighted by molar-refractivity contribution is 0.450. The van der Waals surface area contributed by atoms with Gasteiger partial charge in [0.25, 0.3) is 0 Å². The molecule has 0 bridgehead atoms. The van der Waals surface area contributed by atoms with Crippen LogP contribution in [-0.2, 0) is 22.2 Å². The molecule has 0 atom stereocenters. The summed E-state index contributed by atoms with van der Waals surface area (Å²) < 4.78 is 27.6. The largest absolute Gasteiger partial charge is 0.216 e. The first kappa shape index (κ1) is 16.7. The van der Waals surface area contributed by atoms with Gasteiger partial charge in [0.1, 0.15) is 0 Å². The molecule has 0 aliphatic carbocycles. The minimum atomic E-state index is -3.38. The summed E-state index contributed by atoms with van der Waals surface area (Å²) in [6.07, 6.45) is 0.654. The fraction of sp³-hybridized carbons (Fsp3) is 0.333. The van der Waals surface area contributed by atoms with Gasteiger partial charge in [0.05, 0.1) is 5.75 Å². The van der Waals surface area contributed by atoms with Crippen molar-refractivity contribution in [1.82, 2.24) is 4.72 Å². The Labute approximate surface area is 133 Å². The molecule has 118 valence electrons. The molecule has 0 unspecified atom stereocenters. The fourth-order valence-electron chi connectivity index (χ4n) is 2.62. The lowest BCUT2D eigenvalue weighted by Crippen LogP contribution is -2.45. The molecule has 3 nitrogen and oxygen atoms in total. The van der Waals surface area contributed by atoms with Crippen LogP contribution in [0.4, 0.5) is 0 Å². The monoisotopic (exact) mass is 317 g/mol. The first-order chi connectivity index (χ1) is 10.3. The molecule has 22 heavy (non-hydrogen) atoms. The molecule has 2 rings (SSSR count). The van der Waals surface area contributed by atoms with Gasteiger partial charge < -0.3 is 0 Å². The van der Waals surface area contributed by atoms with Crippen molar-refractivity contribution in [2.75, 3.05) is 0 Å². The van der Waals surface area contributed by atoms with Crippen molar-refractivity contribution in [3.8, 4) is 0 Å². The normalized spacial score (nSPS) is 12.3. The molecule has 0 aliphatic heterocycles. The maximum Gasteiger partial charge on any atom is 0.216 e. The first-order valence-electron chi connectivity index (χ1n) is 7.37. The molecular weight excluding hydrogens is 294 g/mol. The molecule has 0 saturated carbocycles. The van der Waals surface area contributed by atoms with Crippen molar-refractivity contribution in [3.05, 3.63) is 71.3 Å². The van der Waals surface area contributed by atoms with Crippen molar-refractivity contribution in [2.24, 2.45) is 0 Å². The van der Waals surface area contributed by atoms with E-state index in [1.165, 1.54) is 0 Å². The molecule has 0 radical (unpaired) electrons. The Bertz CT molecular complexity index is 722. The maximum atomic E-state index is 12.4. The van der Waals surface area contributed by atoms with Crippen LogP contribution >= 0.6 is 0 Å². The second kappa shape index (κ2) is 6.63. The van der Waals surface area contributed by atoms with Gasteiger partial charge in [0.15, 0.2) is 0 Å². The zero-order chi connectivity index (χ0) is 16.2. The van der Waals surface area contributed by atoms with Gasteiger partial charge in [-0.3, -0.25) is 0 Å². The van der Waals surface area contributed by atoms with Crippen molar-refractivity contribution in [2.45, 2.75) is 38.5 Å². The van der Waals surface area contributed by atoms with Crippen LogP contribution in [0.15, 0.2) is 54.6 Å². The highest BCUT2D eigenvalue weighted by Crippen LogP contribution is 2.16. The third kappa shape index (κ3) is 5.28. The molecule has 1 N–H and O–H groups in total. The van der Waals surface area contributed by atoms with Gasteiger partial charge in [-0.05, 0) is 38.3 Å². The summed E-state index contributed by atoms with van der Waals surface area (Å²) in [4.78, 5) is 0. The van der Waals surface area contributed by atoms with Gasteiger partial charge in [-0.2, -0.15) is 0 Å². The van der Waals surface area contributed by atoms with Crippen molar-refractivity contribution >= 4 is 10.0 Å². The van der Waals surface area contributed by atoms with E-state index in [4.69, 9.17) is 0 Å². The first-order valence-corrected chi connectivity index (χ1v) is 9.02. The van der Waals surface area contributed by atoms with Gasteiger partial charge in [-0.1, -0.05) is 60.2 Å². The van der Waals surface area contributed by atoms with Crippen LogP contribution < -0.4 is 4.72 Å². The highest BCUT2D eigenvalue weighted by molar-refractivity contribution is 7.88. The summed E-state index contributed by atoms with van der Waals surface area (Å²) in [5.41, 5.74) is 2.47. The zero-order valence-electron chi connectivity index (χ0n) is 13.3. The number of aryl methyl sites for hydroxylation is 1. The number of nitrogens with one attached hydrogen (secondary N) is 1. The Morgan fingerprint density at radius 1 is 0.955 bits per heavy atom. The van der Waals surface area contributed by atoms with E-state index in [-0.39, 0.29) is 5.75 Å². The van der Waals surface area contributed by atoms with Gasteiger partial charge in [-0.25, -0.2) is 13.1 Å². The fourth-order valence-corrected chi connectivity index (χ4v) is 4.23. The Hall–Kier alpha value is -1.65. The highest BCUT2D eigenvalue weighted by Gasteiger charge is 2.25. The summed E-state index contributed by atoms with van der Waals surface area (Å²) in [6.45, 7) is 5.78. The standard InChI is InChI=1S/C18H23NO2S/c1-15-8-7-11-17(12-15)14-22(20,21)19-18(2,3)13-16-9-5-4-6-10-16/h4-12,19H,13-14H2,1-3H3. The number of hydrogen-bond acceptors (Lipinski definition) is 2. The molecule has 0 saturated heterocycles. The van der Waals surface area contributed by atoms with E-state index in [2.05, 4.69) is 4.72 Å². The van der Waals surface area contributed by atoms with Crippen LogP contribution in [0.5, 0.6) is 0 Å². The number of rotatable bonds is 6. The van der Waals surface area contributed by atoms with Gasteiger partial charge >= 0.3 is 0 Å².